The van der Waals surface area contributed by atoms with E-state index in [1.807, 2.05) is 0 Å². The van der Waals surface area contributed by atoms with Crippen LogP contribution in [-0.2, 0) is 0 Å². The molecule has 1 heterocycles. The summed E-state index contributed by atoms with van der Waals surface area (Å²) in [5.74, 6) is 0.594. The van der Waals surface area contributed by atoms with Crippen LogP contribution in [0.1, 0.15) is 26.7 Å². The van der Waals surface area contributed by atoms with Crippen LogP contribution < -0.4 is 4.90 Å². The van der Waals surface area contributed by atoms with Gasteiger partial charge in [0.05, 0.1) is 6.20 Å². The Hall–Kier alpha value is -1.12. The highest BCUT2D eigenvalue weighted by Crippen LogP contribution is 2.11. The van der Waals surface area contributed by atoms with Crippen LogP contribution in [0, 0.1) is 5.82 Å². The SMILES string of the molecule is CCCN(CCC)c1ccc(F)cn1. The average Bonchev–Trinajstić information content (AvgIpc) is 2.19. The van der Waals surface area contributed by atoms with E-state index in [0.29, 0.717) is 0 Å². The summed E-state index contributed by atoms with van der Waals surface area (Å²) < 4.78 is 12.6. The number of hydrogen-bond donors (Lipinski definition) is 0. The van der Waals surface area contributed by atoms with Crippen LogP contribution in [0.5, 0.6) is 0 Å². The maximum absolute atomic E-state index is 12.6. The molecule has 0 spiro atoms. The van der Waals surface area contributed by atoms with Crippen molar-refractivity contribution in [1.29, 1.82) is 0 Å². The van der Waals surface area contributed by atoms with E-state index in [1.54, 1.807) is 6.07 Å². The second-order valence-electron chi connectivity index (χ2n) is 3.32. The summed E-state index contributed by atoms with van der Waals surface area (Å²) in [7, 11) is 0. The highest BCUT2D eigenvalue weighted by molar-refractivity contribution is 5.37. The number of hydrogen-bond acceptors (Lipinski definition) is 2. The molecule has 2 nitrogen and oxygen atoms in total. The van der Waals surface area contributed by atoms with Crippen molar-refractivity contribution < 1.29 is 4.39 Å². The molecule has 0 aromatic carbocycles. The number of anilines is 1. The van der Waals surface area contributed by atoms with Crippen LogP contribution in [0.3, 0.4) is 0 Å². The summed E-state index contributed by atoms with van der Waals surface area (Å²) >= 11 is 0. The quantitative estimate of drug-likeness (QED) is 0.720. The van der Waals surface area contributed by atoms with Gasteiger partial charge in [0.25, 0.3) is 0 Å². The molecule has 0 amide bonds. The van der Waals surface area contributed by atoms with Crippen LogP contribution in [0.15, 0.2) is 18.3 Å². The van der Waals surface area contributed by atoms with E-state index in [0.717, 1.165) is 31.7 Å². The fourth-order valence-electron chi connectivity index (χ4n) is 1.44. The number of pyridine rings is 1. The van der Waals surface area contributed by atoms with Crippen molar-refractivity contribution in [1.82, 2.24) is 4.98 Å². The molecule has 1 aromatic rings. The fraction of sp³-hybridized carbons (Fsp3) is 0.545. The van der Waals surface area contributed by atoms with Crippen LogP contribution in [0.25, 0.3) is 0 Å². The largest absolute Gasteiger partial charge is 0.357 e. The monoisotopic (exact) mass is 196 g/mol. The van der Waals surface area contributed by atoms with Gasteiger partial charge in [0.2, 0.25) is 0 Å². The van der Waals surface area contributed by atoms with Gasteiger partial charge in [-0.05, 0) is 25.0 Å². The van der Waals surface area contributed by atoms with Crippen LogP contribution in [0.4, 0.5) is 10.2 Å². The summed E-state index contributed by atoms with van der Waals surface area (Å²) in [6.45, 7) is 6.22. The Morgan fingerprint density at radius 1 is 1.21 bits per heavy atom. The Morgan fingerprint density at radius 3 is 2.29 bits per heavy atom. The Balaban J connectivity index is 2.71. The lowest BCUT2D eigenvalue weighted by Gasteiger charge is -2.22. The molecular weight excluding hydrogens is 179 g/mol. The predicted molar refractivity (Wildman–Crippen MR) is 57.0 cm³/mol. The Morgan fingerprint density at radius 2 is 1.86 bits per heavy atom. The van der Waals surface area contributed by atoms with Crippen molar-refractivity contribution in [3.05, 3.63) is 24.1 Å². The van der Waals surface area contributed by atoms with Gasteiger partial charge in [-0.2, -0.15) is 0 Å². The molecule has 0 atom stereocenters. The predicted octanol–water partition coefficient (Wildman–Crippen LogP) is 2.85. The normalized spacial score (nSPS) is 10.2. The first-order chi connectivity index (χ1) is 6.77. The highest BCUT2D eigenvalue weighted by atomic mass is 19.1. The van der Waals surface area contributed by atoms with Gasteiger partial charge >= 0.3 is 0 Å². The van der Waals surface area contributed by atoms with Crippen molar-refractivity contribution in [2.75, 3.05) is 18.0 Å². The summed E-state index contributed by atoms with van der Waals surface area (Å²) in [4.78, 5) is 6.25. The summed E-state index contributed by atoms with van der Waals surface area (Å²) in [5, 5.41) is 0. The Bertz CT molecular complexity index is 252. The molecular formula is C11H17FN2. The molecule has 0 unspecified atom stereocenters. The van der Waals surface area contributed by atoms with Crippen molar-refractivity contribution >= 4 is 5.82 Å². The molecule has 0 N–H and O–H groups in total. The Kier molecular flexibility index (Phi) is 4.36. The molecule has 0 fully saturated rings. The third kappa shape index (κ3) is 2.98. The smallest absolute Gasteiger partial charge is 0.141 e. The van der Waals surface area contributed by atoms with Crippen LogP contribution >= 0.6 is 0 Å². The first-order valence-corrected chi connectivity index (χ1v) is 5.14. The van der Waals surface area contributed by atoms with Crippen molar-refractivity contribution in [2.24, 2.45) is 0 Å². The highest BCUT2D eigenvalue weighted by Gasteiger charge is 2.04. The molecule has 0 aliphatic carbocycles. The molecule has 3 heteroatoms. The zero-order chi connectivity index (χ0) is 10.4. The summed E-state index contributed by atoms with van der Waals surface area (Å²) in [6, 6.07) is 3.20. The minimum atomic E-state index is -0.276. The van der Waals surface area contributed by atoms with Gasteiger partial charge < -0.3 is 4.90 Å². The van der Waals surface area contributed by atoms with Gasteiger partial charge in [-0.1, -0.05) is 13.8 Å². The topological polar surface area (TPSA) is 16.1 Å². The molecule has 0 radical (unpaired) electrons. The molecule has 0 aliphatic rings. The minimum Gasteiger partial charge on any atom is -0.357 e. The van der Waals surface area contributed by atoms with E-state index < -0.39 is 0 Å². The molecule has 0 saturated heterocycles. The zero-order valence-corrected chi connectivity index (χ0v) is 8.83. The van der Waals surface area contributed by atoms with Crippen LogP contribution in [-0.4, -0.2) is 18.1 Å². The van der Waals surface area contributed by atoms with E-state index in [9.17, 15) is 4.39 Å². The number of aromatic nitrogens is 1. The average molecular weight is 196 g/mol. The van der Waals surface area contributed by atoms with E-state index in [4.69, 9.17) is 0 Å². The molecule has 0 bridgehead atoms. The second kappa shape index (κ2) is 5.58. The third-order valence-corrected chi connectivity index (χ3v) is 2.02. The first kappa shape index (κ1) is 11.0. The zero-order valence-electron chi connectivity index (χ0n) is 8.83. The molecule has 14 heavy (non-hydrogen) atoms. The number of halogens is 1. The molecule has 0 saturated carbocycles. The first-order valence-electron chi connectivity index (χ1n) is 5.14. The fourth-order valence-corrected chi connectivity index (χ4v) is 1.44. The van der Waals surface area contributed by atoms with Gasteiger partial charge in [0.1, 0.15) is 11.6 Å². The van der Waals surface area contributed by atoms with E-state index in [1.165, 1.54) is 12.3 Å². The van der Waals surface area contributed by atoms with E-state index in [2.05, 4.69) is 23.7 Å². The maximum atomic E-state index is 12.6. The molecule has 0 aliphatic heterocycles. The molecule has 78 valence electrons. The lowest BCUT2D eigenvalue weighted by molar-refractivity contribution is 0.619. The van der Waals surface area contributed by atoms with Gasteiger partial charge in [-0.25, -0.2) is 9.37 Å². The lowest BCUT2D eigenvalue weighted by Crippen LogP contribution is -2.25. The lowest BCUT2D eigenvalue weighted by atomic mass is 10.3. The van der Waals surface area contributed by atoms with Crippen molar-refractivity contribution in [3.8, 4) is 0 Å². The maximum Gasteiger partial charge on any atom is 0.141 e. The standard InChI is InChI=1S/C11H17FN2/c1-3-7-14(8-4-2)11-6-5-10(12)9-13-11/h5-6,9H,3-4,7-8H2,1-2H3. The number of nitrogens with zero attached hydrogens (tertiary/aromatic N) is 2. The van der Waals surface area contributed by atoms with Crippen molar-refractivity contribution in [3.63, 3.8) is 0 Å². The van der Waals surface area contributed by atoms with Gasteiger partial charge in [-0.15, -0.1) is 0 Å². The minimum absolute atomic E-state index is 0.276. The summed E-state index contributed by atoms with van der Waals surface area (Å²) in [6.07, 6.45) is 3.44. The van der Waals surface area contributed by atoms with Crippen molar-refractivity contribution in [2.45, 2.75) is 26.7 Å². The van der Waals surface area contributed by atoms with E-state index >= 15 is 0 Å². The third-order valence-electron chi connectivity index (χ3n) is 2.02. The molecule has 1 aromatic heterocycles. The van der Waals surface area contributed by atoms with Gasteiger partial charge in [-0.3, -0.25) is 0 Å². The summed E-state index contributed by atoms with van der Waals surface area (Å²) in [5.41, 5.74) is 0. The van der Waals surface area contributed by atoms with E-state index in [-0.39, 0.29) is 5.82 Å². The van der Waals surface area contributed by atoms with Gasteiger partial charge in [0.15, 0.2) is 0 Å². The van der Waals surface area contributed by atoms with Crippen LogP contribution in [0.2, 0.25) is 0 Å². The number of rotatable bonds is 5. The Labute approximate surface area is 84.8 Å². The second-order valence-corrected chi connectivity index (χ2v) is 3.32. The van der Waals surface area contributed by atoms with Gasteiger partial charge in [0, 0.05) is 13.1 Å². The molecule has 1 rings (SSSR count).